The maximum atomic E-state index is 12.3. The first-order chi connectivity index (χ1) is 7.29. The van der Waals surface area contributed by atoms with Crippen LogP contribution in [0.4, 0.5) is 0 Å². The van der Waals surface area contributed by atoms with E-state index in [2.05, 4.69) is 0 Å². The van der Waals surface area contributed by atoms with Crippen molar-refractivity contribution in [3.63, 3.8) is 0 Å². The highest BCUT2D eigenvalue weighted by molar-refractivity contribution is 7.84. The van der Waals surface area contributed by atoms with Gasteiger partial charge in [-0.3, -0.25) is 4.79 Å². The summed E-state index contributed by atoms with van der Waals surface area (Å²) in [6.07, 6.45) is 2.74. The lowest BCUT2D eigenvalue weighted by atomic mass is 10.0. The molecule has 16 heavy (non-hydrogen) atoms. The summed E-state index contributed by atoms with van der Waals surface area (Å²) in [5.41, 5.74) is 0.820. The summed E-state index contributed by atoms with van der Waals surface area (Å²) in [7, 11) is -1.05. The van der Waals surface area contributed by atoms with Crippen molar-refractivity contribution in [3.8, 4) is 0 Å². The molecule has 92 valence electrons. The summed E-state index contributed by atoms with van der Waals surface area (Å²) in [4.78, 5) is 11.4. The maximum absolute atomic E-state index is 12.3. The Balaban J connectivity index is 2.89. The van der Waals surface area contributed by atoms with Crippen LogP contribution in [0.5, 0.6) is 0 Å². The molecular weight excluding hydrogens is 222 g/mol. The Morgan fingerprint density at radius 2 is 2.12 bits per heavy atom. The monoisotopic (exact) mass is 243 g/mol. The lowest BCUT2D eigenvalue weighted by Gasteiger charge is -2.30. The van der Waals surface area contributed by atoms with Crippen LogP contribution in [0.2, 0.25) is 0 Å². The van der Waals surface area contributed by atoms with Gasteiger partial charge in [-0.1, -0.05) is 13.0 Å². The van der Waals surface area contributed by atoms with Gasteiger partial charge in [-0.15, -0.1) is 0 Å². The van der Waals surface area contributed by atoms with E-state index in [1.165, 1.54) is 0 Å². The molecule has 1 aliphatic rings. The Morgan fingerprint density at radius 1 is 1.56 bits per heavy atom. The van der Waals surface area contributed by atoms with Gasteiger partial charge >= 0.3 is 0 Å². The molecule has 0 N–H and O–H groups in total. The molecular formula is C12H21NO2S. The Kier molecular flexibility index (Phi) is 4.07. The molecule has 0 unspecified atom stereocenters. The zero-order valence-electron chi connectivity index (χ0n) is 10.7. The summed E-state index contributed by atoms with van der Waals surface area (Å²) < 4.78 is 14.0. The molecule has 0 aromatic carbocycles. The summed E-state index contributed by atoms with van der Waals surface area (Å²) in [6.45, 7) is 10.1. The molecule has 3 nitrogen and oxygen atoms in total. The summed E-state index contributed by atoms with van der Waals surface area (Å²) >= 11 is 0. The highest BCUT2D eigenvalue weighted by Gasteiger charge is 2.36. The van der Waals surface area contributed by atoms with E-state index in [-0.39, 0.29) is 16.6 Å². The lowest BCUT2D eigenvalue weighted by molar-refractivity contribution is -0.113. The molecule has 0 aromatic rings. The Morgan fingerprint density at radius 3 is 2.50 bits per heavy atom. The zero-order valence-corrected chi connectivity index (χ0v) is 11.6. The molecule has 0 spiro atoms. The van der Waals surface area contributed by atoms with E-state index in [1.807, 2.05) is 38.1 Å². The fourth-order valence-corrected chi connectivity index (χ4v) is 3.35. The van der Waals surface area contributed by atoms with E-state index < -0.39 is 11.0 Å². The van der Waals surface area contributed by atoms with Crippen molar-refractivity contribution < 1.29 is 9.00 Å². The van der Waals surface area contributed by atoms with Gasteiger partial charge in [0.2, 0.25) is 0 Å². The number of hydrogen-bond acceptors (Lipinski definition) is 2. The third-order valence-electron chi connectivity index (χ3n) is 2.73. The molecule has 0 aliphatic carbocycles. The second-order valence-electron chi connectivity index (χ2n) is 5.10. The predicted molar refractivity (Wildman–Crippen MR) is 67.4 cm³/mol. The van der Waals surface area contributed by atoms with Crippen LogP contribution in [-0.2, 0) is 15.8 Å². The molecule has 1 heterocycles. The quantitative estimate of drug-likeness (QED) is 0.761. The summed E-state index contributed by atoms with van der Waals surface area (Å²) in [5, 5.41) is 0. The standard InChI is InChI=1S/C12H21NO2S/c1-6-11-10(9(2)14)7-8-13(11)16(15)12(3,4)5/h7,11H,6,8H2,1-5H3/t11-,16+/m0/s1. The first-order valence-corrected chi connectivity index (χ1v) is 6.79. The minimum atomic E-state index is -1.05. The Bertz CT molecular complexity index is 341. The predicted octanol–water partition coefficient (Wildman–Crippen LogP) is 2.06. The Labute approximate surface area is 100 Å². The molecule has 0 bridgehead atoms. The van der Waals surface area contributed by atoms with E-state index >= 15 is 0 Å². The van der Waals surface area contributed by atoms with Crippen LogP contribution in [0, 0.1) is 0 Å². The Hall–Kier alpha value is -0.480. The second-order valence-corrected chi connectivity index (χ2v) is 7.29. The highest BCUT2D eigenvalue weighted by Crippen LogP contribution is 2.28. The normalized spacial score (nSPS) is 24.3. The zero-order chi connectivity index (χ0) is 12.5. The van der Waals surface area contributed by atoms with Crippen molar-refractivity contribution in [1.29, 1.82) is 0 Å². The van der Waals surface area contributed by atoms with Crippen LogP contribution in [0.1, 0.15) is 41.0 Å². The molecule has 0 fully saturated rings. The molecule has 4 heteroatoms. The third kappa shape index (κ3) is 2.61. The van der Waals surface area contributed by atoms with Crippen molar-refractivity contribution in [1.82, 2.24) is 4.31 Å². The maximum Gasteiger partial charge on any atom is 0.157 e. The average molecular weight is 243 g/mol. The number of carbonyl (C=O) groups excluding carboxylic acids is 1. The smallest absolute Gasteiger partial charge is 0.157 e. The number of carbonyl (C=O) groups is 1. The van der Waals surface area contributed by atoms with Crippen LogP contribution in [0.3, 0.4) is 0 Å². The van der Waals surface area contributed by atoms with Gasteiger partial charge in [0.25, 0.3) is 0 Å². The minimum Gasteiger partial charge on any atom is -0.295 e. The lowest BCUT2D eigenvalue weighted by Crippen LogP contribution is -2.42. The molecule has 0 saturated carbocycles. The van der Waals surface area contributed by atoms with Gasteiger partial charge in [0, 0.05) is 12.1 Å². The van der Waals surface area contributed by atoms with Crippen LogP contribution in [0.15, 0.2) is 11.6 Å². The van der Waals surface area contributed by atoms with Crippen molar-refractivity contribution in [2.24, 2.45) is 0 Å². The van der Waals surface area contributed by atoms with Gasteiger partial charge in [-0.05, 0) is 34.1 Å². The molecule has 1 rings (SSSR count). The highest BCUT2D eigenvalue weighted by atomic mass is 32.2. The topological polar surface area (TPSA) is 37.4 Å². The molecule has 0 saturated heterocycles. The van der Waals surface area contributed by atoms with Crippen LogP contribution in [0.25, 0.3) is 0 Å². The number of nitrogens with zero attached hydrogens (tertiary/aromatic N) is 1. The number of rotatable bonds is 3. The molecule has 0 aromatic heterocycles. The average Bonchev–Trinajstić information content (AvgIpc) is 2.57. The number of ketones is 1. The van der Waals surface area contributed by atoms with Gasteiger partial charge in [-0.2, -0.15) is 0 Å². The summed E-state index contributed by atoms with van der Waals surface area (Å²) in [5.74, 6) is 0.0975. The van der Waals surface area contributed by atoms with Gasteiger partial charge in [0.05, 0.1) is 10.8 Å². The third-order valence-corrected chi connectivity index (χ3v) is 4.61. The molecule has 1 aliphatic heterocycles. The van der Waals surface area contributed by atoms with E-state index in [9.17, 15) is 9.00 Å². The summed E-state index contributed by atoms with van der Waals surface area (Å²) in [6, 6.07) is 0.0255. The number of Topliss-reactive ketones (excluding diaryl/α,β-unsaturated/α-hetero) is 1. The van der Waals surface area contributed by atoms with Crippen LogP contribution >= 0.6 is 0 Å². The van der Waals surface area contributed by atoms with Gasteiger partial charge < -0.3 is 0 Å². The van der Waals surface area contributed by atoms with Gasteiger partial charge in [0.1, 0.15) is 11.0 Å². The largest absolute Gasteiger partial charge is 0.295 e. The molecule has 0 radical (unpaired) electrons. The van der Waals surface area contributed by atoms with E-state index in [4.69, 9.17) is 0 Å². The minimum absolute atomic E-state index is 0.0255. The van der Waals surface area contributed by atoms with Crippen molar-refractivity contribution in [3.05, 3.63) is 11.6 Å². The van der Waals surface area contributed by atoms with Crippen LogP contribution < -0.4 is 0 Å². The van der Waals surface area contributed by atoms with Crippen molar-refractivity contribution in [2.75, 3.05) is 6.54 Å². The first-order valence-electron chi connectivity index (χ1n) is 5.68. The molecule has 0 amide bonds. The van der Waals surface area contributed by atoms with E-state index in [0.717, 1.165) is 12.0 Å². The van der Waals surface area contributed by atoms with E-state index in [1.54, 1.807) is 6.92 Å². The van der Waals surface area contributed by atoms with Gasteiger partial charge in [-0.25, -0.2) is 8.51 Å². The van der Waals surface area contributed by atoms with Crippen molar-refractivity contribution in [2.45, 2.75) is 51.8 Å². The van der Waals surface area contributed by atoms with Crippen LogP contribution in [-0.4, -0.2) is 31.6 Å². The van der Waals surface area contributed by atoms with Gasteiger partial charge in [0.15, 0.2) is 5.78 Å². The van der Waals surface area contributed by atoms with E-state index in [0.29, 0.717) is 6.54 Å². The van der Waals surface area contributed by atoms with Crippen molar-refractivity contribution >= 4 is 16.8 Å². The SMILES string of the molecule is CC[C@H]1C(C(C)=O)=CCN1[S@](=O)C(C)(C)C. The number of hydrogen-bond donors (Lipinski definition) is 0. The second kappa shape index (κ2) is 4.80. The fraction of sp³-hybridized carbons (Fsp3) is 0.750. The fourth-order valence-electron chi connectivity index (χ4n) is 1.94. The first kappa shape index (κ1) is 13.6. The molecule has 2 atom stereocenters.